The van der Waals surface area contributed by atoms with Crippen molar-refractivity contribution in [2.24, 2.45) is 0 Å². The summed E-state index contributed by atoms with van der Waals surface area (Å²) in [5.74, 6) is -0.441. The van der Waals surface area contributed by atoms with Crippen LogP contribution < -0.4 is 5.32 Å². The Hall–Kier alpha value is -2.12. The molecule has 0 fully saturated rings. The van der Waals surface area contributed by atoms with Gasteiger partial charge >= 0.3 is 6.18 Å². The van der Waals surface area contributed by atoms with Crippen LogP contribution in [0.15, 0.2) is 42.5 Å². The third-order valence-electron chi connectivity index (χ3n) is 3.93. The van der Waals surface area contributed by atoms with Crippen LogP contribution in [0.1, 0.15) is 6.92 Å². The van der Waals surface area contributed by atoms with E-state index in [2.05, 4.69) is 5.32 Å². The molecular formula is C17H19F3N2O2. The van der Waals surface area contributed by atoms with Crippen LogP contribution in [0.25, 0.3) is 10.8 Å². The maximum atomic E-state index is 12.4. The summed E-state index contributed by atoms with van der Waals surface area (Å²) in [5.41, 5.74) is 0.592. The summed E-state index contributed by atoms with van der Waals surface area (Å²) in [4.78, 5) is 13.5. The number of fused-ring (bicyclic) bond motifs is 1. The summed E-state index contributed by atoms with van der Waals surface area (Å²) in [6.07, 6.45) is -7.20. The molecule has 4 nitrogen and oxygen atoms in total. The van der Waals surface area contributed by atoms with Gasteiger partial charge in [0.05, 0.1) is 6.04 Å². The van der Waals surface area contributed by atoms with Crippen LogP contribution in [-0.4, -0.2) is 47.8 Å². The third-order valence-corrected chi connectivity index (χ3v) is 3.93. The number of rotatable bonds is 5. The normalized spacial score (nSPS) is 14.6. The van der Waals surface area contributed by atoms with Gasteiger partial charge in [-0.05, 0) is 25.4 Å². The predicted octanol–water partition coefficient (Wildman–Crippen LogP) is 3.02. The van der Waals surface area contributed by atoms with Gasteiger partial charge in [-0.2, -0.15) is 13.2 Å². The van der Waals surface area contributed by atoms with Crippen molar-refractivity contribution in [3.05, 3.63) is 42.5 Å². The second kappa shape index (κ2) is 7.19. The molecular weight excluding hydrogens is 321 g/mol. The number of hydrogen-bond donors (Lipinski definition) is 2. The van der Waals surface area contributed by atoms with Gasteiger partial charge < -0.3 is 10.4 Å². The summed E-state index contributed by atoms with van der Waals surface area (Å²) in [5, 5.41) is 13.6. The van der Waals surface area contributed by atoms with Crippen LogP contribution in [0.3, 0.4) is 0 Å². The fourth-order valence-corrected chi connectivity index (χ4v) is 2.31. The summed E-state index contributed by atoms with van der Waals surface area (Å²) < 4.78 is 37.3. The molecule has 0 aromatic heterocycles. The van der Waals surface area contributed by atoms with Gasteiger partial charge in [0.1, 0.15) is 0 Å². The highest BCUT2D eigenvalue weighted by molar-refractivity contribution is 6.03. The van der Waals surface area contributed by atoms with Crippen molar-refractivity contribution in [3.8, 4) is 0 Å². The molecule has 2 unspecified atom stereocenters. The quantitative estimate of drug-likeness (QED) is 0.880. The van der Waals surface area contributed by atoms with E-state index in [-0.39, 0.29) is 0 Å². The molecule has 1 amide bonds. The van der Waals surface area contributed by atoms with Crippen LogP contribution >= 0.6 is 0 Å². The van der Waals surface area contributed by atoms with Gasteiger partial charge in [-0.15, -0.1) is 0 Å². The maximum absolute atomic E-state index is 12.4. The number of nitrogens with one attached hydrogen (secondary N) is 1. The molecule has 2 aromatic rings. The Bertz CT molecular complexity index is 713. The van der Waals surface area contributed by atoms with Crippen LogP contribution in [0.4, 0.5) is 18.9 Å². The number of carbonyl (C=O) groups is 1. The number of halogens is 3. The lowest BCUT2D eigenvalue weighted by Gasteiger charge is -2.27. The summed E-state index contributed by atoms with van der Waals surface area (Å²) in [6.45, 7) is 0.817. The molecule has 0 bridgehead atoms. The SMILES string of the molecule is CC(C(=O)Nc1cccc2ccccc12)N(C)CC(O)C(F)(F)F. The van der Waals surface area contributed by atoms with Gasteiger partial charge in [0.2, 0.25) is 5.91 Å². The smallest absolute Gasteiger partial charge is 0.382 e. The predicted molar refractivity (Wildman–Crippen MR) is 86.7 cm³/mol. The summed E-state index contributed by atoms with van der Waals surface area (Å²) in [6, 6.07) is 12.1. The Balaban J connectivity index is 2.08. The number of carbonyl (C=O) groups excluding carboxylic acids is 1. The molecule has 2 rings (SSSR count). The van der Waals surface area contributed by atoms with E-state index in [1.165, 1.54) is 18.9 Å². The first-order valence-electron chi connectivity index (χ1n) is 7.44. The Kier molecular flexibility index (Phi) is 5.46. The van der Waals surface area contributed by atoms with E-state index in [4.69, 9.17) is 5.11 Å². The monoisotopic (exact) mass is 340 g/mol. The lowest BCUT2D eigenvalue weighted by molar-refractivity contribution is -0.208. The number of anilines is 1. The molecule has 0 saturated heterocycles. The third kappa shape index (κ3) is 4.24. The van der Waals surface area contributed by atoms with E-state index in [1.807, 2.05) is 30.3 Å². The average Bonchev–Trinajstić information content (AvgIpc) is 2.53. The molecule has 0 radical (unpaired) electrons. The Morgan fingerprint density at radius 1 is 1.21 bits per heavy atom. The van der Waals surface area contributed by atoms with Gasteiger partial charge in [-0.1, -0.05) is 36.4 Å². The zero-order valence-corrected chi connectivity index (χ0v) is 13.3. The minimum Gasteiger partial charge on any atom is -0.382 e. The highest BCUT2D eigenvalue weighted by Crippen LogP contribution is 2.24. The van der Waals surface area contributed by atoms with Crippen molar-refractivity contribution in [1.82, 2.24) is 4.90 Å². The van der Waals surface area contributed by atoms with Crippen LogP contribution in [0, 0.1) is 0 Å². The van der Waals surface area contributed by atoms with E-state index < -0.39 is 30.8 Å². The molecule has 0 spiro atoms. The standard InChI is InChI=1S/C17H19F3N2O2/c1-11(22(2)10-15(23)17(18,19)20)16(24)21-14-9-5-7-12-6-3-4-8-13(12)14/h3-9,11,15,23H,10H2,1-2H3,(H,21,24). The Morgan fingerprint density at radius 3 is 2.50 bits per heavy atom. The van der Waals surface area contributed by atoms with E-state index in [1.54, 1.807) is 12.1 Å². The highest BCUT2D eigenvalue weighted by Gasteiger charge is 2.39. The largest absolute Gasteiger partial charge is 0.415 e. The first kappa shape index (κ1) is 18.2. The molecule has 2 atom stereocenters. The summed E-state index contributed by atoms with van der Waals surface area (Å²) in [7, 11) is 1.36. The Labute approximate surface area is 137 Å². The van der Waals surface area contributed by atoms with Crippen molar-refractivity contribution in [1.29, 1.82) is 0 Å². The fraction of sp³-hybridized carbons (Fsp3) is 0.353. The number of aliphatic hydroxyl groups excluding tert-OH is 1. The molecule has 0 heterocycles. The van der Waals surface area contributed by atoms with Crippen LogP contribution in [0.5, 0.6) is 0 Å². The average molecular weight is 340 g/mol. The van der Waals surface area contributed by atoms with Gasteiger partial charge in [-0.3, -0.25) is 9.69 Å². The second-order valence-electron chi connectivity index (χ2n) is 5.69. The van der Waals surface area contributed by atoms with Gasteiger partial charge in [0, 0.05) is 17.6 Å². The number of likely N-dealkylation sites (N-methyl/N-ethyl adjacent to an activating group) is 1. The number of amides is 1. The van der Waals surface area contributed by atoms with Crippen LogP contribution in [-0.2, 0) is 4.79 Å². The molecule has 2 N–H and O–H groups in total. The zero-order valence-electron chi connectivity index (χ0n) is 13.3. The Morgan fingerprint density at radius 2 is 1.83 bits per heavy atom. The number of alkyl halides is 3. The molecule has 0 saturated carbocycles. The number of nitrogens with zero attached hydrogens (tertiary/aromatic N) is 1. The molecule has 0 aliphatic rings. The van der Waals surface area contributed by atoms with Crippen molar-refractivity contribution in [3.63, 3.8) is 0 Å². The number of hydrogen-bond acceptors (Lipinski definition) is 3. The second-order valence-corrected chi connectivity index (χ2v) is 5.69. The molecule has 7 heteroatoms. The molecule has 0 aliphatic carbocycles. The van der Waals surface area contributed by atoms with Crippen molar-refractivity contribution < 1.29 is 23.1 Å². The maximum Gasteiger partial charge on any atom is 0.415 e. The number of benzene rings is 2. The zero-order chi connectivity index (χ0) is 17.9. The van der Waals surface area contributed by atoms with Gasteiger partial charge in [-0.25, -0.2) is 0 Å². The topological polar surface area (TPSA) is 52.6 Å². The van der Waals surface area contributed by atoms with Gasteiger partial charge in [0.25, 0.3) is 0 Å². The lowest BCUT2D eigenvalue weighted by Crippen LogP contribution is -2.46. The highest BCUT2D eigenvalue weighted by atomic mass is 19.4. The van der Waals surface area contributed by atoms with E-state index in [0.29, 0.717) is 5.69 Å². The molecule has 24 heavy (non-hydrogen) atoms. The minimum absolute atomic E-state index is 0.441. The lowest BCUT2D eigenvalue weighted by atomic mass is 10.1. The van der Waals surface area contributed by atoms with Crippen molar-refractivity contribution >= 4 is 22.4 Å². The first-order chi connectivity index (χ1) is 11.2. The van der Waals surface area contributed by atoms with E-state index >= 15 is 0 Å². The minimum atomic E-state index is -4.71. The van der Waals surface area contributed by atoms with E-state index in [0.717, 1.165) is 10.8 Å². The van der Waals surface area contributed by atoms with Crippen LogP contribution in [0.2, 0.25) is 0 Å². The molecule has 2 aromatic carbocycles. The first-order valence-corrected chi connectivity index (χ1v) is 7.44. The molecule has 130 valence electrons. The summed E-state index contributed by atoms with van der Waals surface area (Å²) >= 11 is 0. The van der Waals surface area contributed by atoms with Gasteiger partial charge in [0.15, 0.2) is 6.10 Å². The van der Waals surface area contributed by atoms with Crippen molar-refractivity contribution in [2.45, 2.75) is 25.2 Å². The van der Waals surface area contributed by atoms with E-state index in [9.17, 15) is 18.0 Å². The number of aliphatic hydroxyl groups is 1. The van der Waals surface area contributed by atoms with Crippen molar-refractivity contribution in [2.75, 3.05) is 18.9 Å². The fourth-order valence-electron chi connectivity index (χ4n) is 2.31. The molecule has 0 aliphatic heterocycles.